The molecule has 0 atom stereocenters. The fraction of sp³-hybridized carbons (Fsp3) is 0.273. The van der Waals surface area contributed by atoms with Gasteiger partial charge in [-0.1, -0.05) is 67.4 Å². The molecule has 0 amide bonds. The van der Waals surface area contributed by atoms with E-state index in [0.717, 1.165) is 46.3 Å². The van der Waals surface area contributed by atoms with Crippen LogP contribution in [-0.2, 0) is 23.0 Å². The highest BCUT2D eigenvalue weighted by Gasteiger charge is 2.26. The molecule has 0 spiro atoms. The van der Waals surface area contributed by atoms with E-state index in [1.807, 2.05) is 44.2 Å². The Hall–Kier alpha value is -3.68. The van der Waals surface area contributed by atoms with Crippen LogP contribution >= 0.6 is 11.6 Å². The molecule has 1 aliphatic rings. The molecule has 5 aromatic rings. The molecule has 6 nitrogen and oxygen atoms in total. The topological polar surface area (TPSA) is 68.1 Å². The average molecular weight is 585 g/mol. The zero-order chi connectivity index (χ0) is 29.1. The number of fused-ring (bicyclic) bond motifs is 2. The van der Waals surface area contributed by atoms with Crippen LogP contribution in [0.25, 0.3) is 22.3 Å². The second kappa shape index (κ2) is 10.3. The van der Waals surface area contributed by atoms with Crippen LogP contribution in [-0.4, -0.2) is 28.9 Å². The van der Waals surface area contributed by atoms with Crippen LogP contribution in [0.2, 0.25) is 5.15 Å². The van der Waals surface area contributed by atoms with E-state index in [-0.39, 0.29) is 4.90 Å². The number of rotatable bonds is 5. The number of aromatic nitrogens is 3. The van der Waals surface area contributed by atoms with Crippen molar-refractivity contribution in [3.8, 4) is 11.4 Å². The van der Waals surface area contributed by atoms with Crippen molar-refractivity contribution in [2.75, 3.05) is 11.4 Å². The van der Waals surface area contributed by atoms with Gasteiger partial charge in [-0.25, -0.2) is 22.4 Å². The molecule has 2 aromatic heterocycles. The van der Waals surface area contributed by atoms with Crippen molar-refractivity contribution in [3.05, 3.63) is 106 Å². The third kappa shape index (κ3) is 4.81. The van der Waals surface area contributed by atoms with Gasteiger partial charge in [0.25, 0.3) is 10.0 Å². The molecule has 0 radical (unpaired) electrons. The molecule has 0 saturated carbocycles. The number of halogens is 1. The largest absolute Gasteiger partial charge is 0.366 e. The summed E-state index contributed by atoms with van der Waals surface area (Å²) in [4.78, 5) is 12.4. The molecule has 6 rings (SSSR count). The third-order valence-electron chi connectivity index (χ3n) is 8.05. The van der Waals surface area contributed by atoms with E-state index in [9.17, 15) is 8.42 Å². The predicted octanol–water partition coefficient (Wildman–Crippen LogP) is 7.60. The minimum Gasteiger partial charge on any atom is -0.366 e. The van der Waals surface area contributed by atoms with E-state index < -0.39 is 10.0 Å². The van der Waals surface area contributed by atoms with Crippen molar-refractivity contribution in [3.63, 3.8) is 0 Å². The van der Waals surface area contributed by atoms with E-state index in [4.69, 9.17) is 21.6 Å². The minimum absolute atomic E-state index is 0.247. The van der Waals surface area contributed by atoms with E-state index >= 15 is 0 Å². The van der Waals surface area contributed by atoms with Crippen molar-refractivity contribution in [2.45, 2.75) is 58.4 Å². The lowest BCUT2D eigenvalue weighted by Crippen LogP contribution is -2.32. The Morgan fingerprint density at radius 1 is 0.927 bits per heavy atom. The van der Waals surface area contributed by atoms with Gasteiger partial charge >= 0.3 is 0 Å². The number of nitrogens with zero attached hydrogens (tertiary/aromatic N) is 4. The summed E-state index contributed by atoms with van der Waals surface area (Å²) >= 11 is 6.85. The van der Waals surface area contributed by atoms with Crippen molar-refractivity contribution in [2.24, 2.45) is 0 Å². The lowest BCUT2D eigenvalue weighted by molar-refractivity contribution is 0.589. The first-order valence-corrected chi connectivity index (χ1v) is 15.7. The number of anilines is 1. The summed E-state index contributed by atoms with van der Waals surface area (Å²) in [5, 5.41) is 1.24. The highest BCUT2D eigenvalue weighted by atomic mass is 35.5. The summed E-state index contributed by atoms with van der Waals surface area (Å²) in [6, 6.07) is 19.2. The van der Waals surface area contributed by atoms with Crippen LogP contribution in [0.5, 0.6) is 0 Å². The lowest BCUT2D eigenvalue weighted by Gasteiger charge is -2.32. The maximum absolute atomic E-state index is 13.6. The summed E-state index contributed by atoms with van der Waals surface area (Å²) in [7, 11) is -3.78. The molecule has 210 valence electrons. The van der Waals surface area contributed by atoms with Gasteiger partial charge in [0.2, 0.25) is 0 Å². The Kier molecular flexibility index (Phi) is 6.91. The highest BCUT2D eigenvalue weighted by molar-refractivity contribution is 7.90. The molecule has 3 aromatic carbocycles. The van der Waals surface area contributed by atoms with Gasteiger partial charge in [0.05, 0.1) is 16.1 Å². The molecule has 41 heavy (non-hydrogen) atoms. The first-order valence-electron chi connectivity index (χ1n) is 13.9. The quantitative estimate of drug-likeness (QED) is 0.199. The van der Waals surface area contributed by atoms with Crippen LogP contribution in [0.4, 0.5) is 5.69 Å². The fourth-order valence-electron chi connectivity index (χ4n) is 5.68. The van der Waals surface area contributed by atoms with Crippen LogP contribution in [0.3, 0.4) is 0 Å². The van der Waals surface area contributed by atoms with Gasteiger partial charge in [0, 0.05) is 47.9 Å². The van der Waals surface area contributed by atoms with Gasteiger partial charge in [-0.3, -0.25) is 0 Å². The molecule has 0 N–H and O–H groups in total. The molecular formula is C33H33ClN4O2S. The highest BCUT2D eigenvalue weighted by Crippen LogP contribution is 2.36. The summed E-state index contributed by atoms with van der Waals surface area (Å²) in [6.07, 6.45) is 2.42. The Morgan fingerprint density at radius 3 is 2.41 bits per heavy atom. The van der Waals surface area contributed by atoms with Crippen LogP contribution < -0.4 is 4.90 Å². The van der Waals surface area contributed by atoms with Crippen LogP contribution in [0, 0.1) is 20.8 Å². The summed E-state index contributed by atoms with van der Waals surface area (Å²) in [5.41, 5.74) is 8.84. The molecule has 0 fully saturated rings. The van der Waals surface area contributed by atoms with E-state index in [1.165, 1.54) is 20.8 Å². The van der Waals surface area contributed by atoms with Gasteiger partial charge in [-0.2, -0.15) is 0 Å². The van der Waals surface area contributed by atoms with Crippen molar-refractivity contribution in [1.29, 1.82) is 0 Å². The Labute approximate surface area is 246 Å². The second-order valence-corrected chi connectivity index (χ2v) is 13.4. The monoisotopic (exact) mass is 584 g/mol. The fourth-order valence-corrected chi connectivity index (χ4v) is 7.35. The van der Waals surface area contributed by atoms with Crippen molar-refractivity contribution < 1.29 is 8.42 Å². The average Bonchev–Trinajstić information content (AvgIpc) is 3.30. The molecule has 0 unspecified atom stereocenters. The normalized spacial score (nSPS) is 13.7. The zero-order valence-electron chi connectivity index (χ0n) is 23.9. The van der Waals surface area contributed by atoms with Gasteiger partial charge in [0.15, 0.2) is 5.82 Å². The van der Waals surface area contributed by atoms with Crippen molar-refractivity contribution >= 4 is 38.2 Å². The molecule has 0 saturated heterocycles. The molecule has 0 bridgehead atoms. The minimum atomic E-state index is -3.78. The molecular weight excluding hydrogens is 552 g/mol. The summed E-state index contributed by atoms with van der Waals surface area (Å²) in [6.45, 7) is 11.9. The van der Waals surface area contributed by atoms with Crippen LogP contribution in [0.1, 0.15) is 53.3 Å². The van der Waals surface area contributed by atoms with Crippen LogP contribution in [0.15, 0.2) is 71.8 Å². The summed E-state index contributed by atoms with van der Waals surface area (Å²) < 4.78 is 28.6. The standard InChI is InChI=1S/C33H33ClN4O2S/c1-20(2)24-12-11-22(4)30(17-24)37-16-15-28-27(19-37)32(34)36-33(35-28)26-7-6-8-29-31(26)23(5)18-38(29)41(39,40)25-13-9-21(3)10-14-25/h6-14,17-18,20H,15-16,19H2,1-5H3. The lowest BCUT2D eigenvalue weighted by atomic mass is 9.98. The molecule has 8 heteroatoms. The number of hydrogen-bond acceptors (Lipinski definition) is 5. The van der Waals surface area contributed by atoms with E-state index in [1.54, 1.807) is 18.3 Å². The number of aryl methyl sites for hydroxylation is 3. The second-order valence-electron chi connectivity index (χ2n) is 11.3. The number of hydrogen-bond donors (Lipinski definition) is 0. The molecule has 0 aliphatic carbocycles. The SMILES string of the molecule is Cc1ccc(S(=O)(=O)n2cc(C)c3c(-c4nc(Cl)c5c(n4)CCN(c4cc(C(C)C)ccc4C)C5)cccc32)cc1. The van der Waals surface area contributed by atoms with E-state index in [2.05, 4.69) is 43.9 Å². The van der Waals surface area contributed by atoms with E-state index in [0.29, 0.717) is 29.0 Å². The number of benzene rings is 3. The molecule has 3 heterocycles. The molecule has 1 aliphatic heterocycles. The van der Waals surface area contributed by atoms with Gasteiger partial charge < -0.3 is 4.90 Å². The Bertz CT molecular complexity index is 1910. The Morgan fingerprint density at radius 2 is 1.68 bits per heavy atom. The van der Waals surface area contributed by atoms with Gasteiger partial charge in [0.1, 0.15) is 5.15 Å². The third-order valence-corrected chi connectivity index (χ3v) is 10.1. The zero-order valence-corrected chi connectivity index (χ0v) is 25.5. The van der Waals surface area contributed by atoms with Crippen molar-refractivity contribution in [1.82, 2.24) is 13.9 Å². The Balaban J connectivity index is 1.40. The first-order chi connectivity index (χ1) is 19.5. The smallest absolute Gasteiger partial charge is 0.268 e. The maximum atomic E-state index is 13.6. The predicted molar refractivity (Wildman–Crippen MR) is 166 cm³/mol. The maximum Gasteiger partial charge on any atom is 0.268 e. The first kappa shape index (κ1) is 27.5. The van der Waals surface area contributed by atoms with Gasteiger partial charge in [-0.05, 0) is 67.6 Å². The van der Waals surface area contributed by atoms with Gasteiger partial charge in [-0.15, -0.1) is 0 Å². The summed E-state index contributed by atoms with van der Waals surface area (Å²) in [5.74, 6) is 0.966.